The van der Waals surface area contributed by atoms with Crippen molar-refractivity contribution in [3.8, 4) is 0 Å². The molecule has 1 amide bonds. The van der Waals surface area contributed by atoms with E-state index in [0.29, 0.717) is 17.0 Å². The first-order valence-electron chi connectivity index (χ1n) is 6.52. The van der Waals surface area contributed by atoms with Crippen LogP contribution in [0.2, 0.25) is 0 Å². The van der Waals surface area contributed by atoms with Crippen LogP contribution in [0.1, 0.15) is 42.6 Å². The van der Waals surface area contributed by atoms with Gasteiger partial charge in [-0.15, -0.1) is 11.6 Å². The van der Waals surface area contributed by atoms with Gasteiger partial charge in [-0.1, -0.05) is 13.8 Å². The topological polar surface area (TPSA) is 72.2 Å². The summed E-state index contributed by atoms with van der Waals surface area (Å²) in [6.45, 7) is 5.62. The average Bonchev–Trinajstić information content (AvgIpc) is 2.44. The minimum atomic E-state index is -0.476. The summed E-state index contributed by atoms with van der Waals surface area (Å²) in [7, 11) is 0. The van der Waals surface area contributed by atoms with Crippen molar-refractivity contribution < 1.29 is 9.72 Å². The Hall–Kier alpha value is -1.62. The molecule has 20 heavy (non-hydrogen) atoms. The molecular formula is C14H19ClN2O3. The van der Waals surface area contributed by atoms with Gasteiger partial charge in [0.25, 0.3) is 11.6 Å². The van der Waals surface area contributed by atoms with Crippen molar-refractivity contribution in [1.82, 2.24) is 5.32 Å². The van der Waals surface area contributed by atoms with Gasteiger partial charge in [-0.3, -0.25) is 14.9 Å². The number of nitro benzene ring substituents is 1. The number of hydrogen-bond donors (Lipinski definition) is 1. The maximum Gasteiger partial charge on any atom is 0.269 e. The predicted molar refractivity (Wildman–Crippen MR) is 79.3 cm³/mol. The SMILES string of the molecule is CCC(CC)(CCl)NC(=O)c1ccc([N+](=O)[O-])cc1C. The number of aryl methyl sites for hydroxylation is 1. The Balaban J connectivity index is 3.01. The van der Waals surface area contributed by atoms with Gasteiger partial charge in [0.05, 0.1) is 10.5 Å². The highest BCUT2D eigenvalue weighted by Gasteiger charge is 2.28. The number of nitrogens with zero attached hydrogens (tertiary/aromatic N) is 1. The summed E-state index contributed by atoms with van der Waals surface area (Å²) in [5, 5.41) is 13.6. The summed E-state index contributed by atoms with van der Waals surface area (Å²) >= 11 is 5.96. The third-order valence-electron chi connectivity index (χ3n) is 3.65. The van der Waals surface area contributed by atoms with E-state index in [1.54, 1.807) is 6.92 Å². The highest BCUT2D eigenvalue weighted by atomic mass is 35.5. The summed E-state index contributed by atoms with van der Waals surface area (Å²) in [5.74, 6) is 0.0827. The van der Waals surface area contributed by atoms with Crippen LogP contribution in [0.4, 0.5) is 5.69 Å². The molecule has 1 aromatic rings. The number of hydrogen-bond acceptors (Lipinski definition) is 3. The van der Waals surface area contributed by atoms with E-state index in [2.05, 4.69) is 5.32 Å². The third-order valence-corrected chi connectivity index (χ3v) is 4.17. The maximum atomic E-state index is 12.3. The standard InChI is InChI=1S/C14H19ClN2O3/c1-4-14(5-2,9-15)16-13(18)12-7-6-11(17(19)20)8-10(12)3/h6-8H,4-5,9H2,1-3H3,(H,16,18). The molecule has 1 aromatic carbocycles. The summed E-state index contributed by atoms with van der Waals surface area (Å²) in [5.41, 5.74) is 0.556. The number of carbonyl (C=O) groups is 1. The van der Waals surface area contributed by atoms with Gasteiger partial charge < -0.3 is 5.32 Å². The number of benzene rings is 1. The van der Waals surface area contributed by atoms with Crippen LogP contribution in [0.15, 0.2) is 18.2 Å². The molecule has 0 saturated carbocycles. The lowest BCUT2D eigenvalue weighted by molar-refractivity contribution is -0.384. The van der Waals surface area contributed by atoms with Gasteiger partial charge in [0, 0.05) is 23.6 Å². The molecule has 0 bridgehead atoms. The molecule has 0 aromatic heterocycles. The number of nitro groups is 1. The predicted octanol–water partition coefficient (Wildman–Crippen LogP) is 3.43. The fraction of sp³-hybridized carbons (Fsp3) is 0.500. The average molecular weight is 299 g/mol. The fourth-order valence-corrected chi connectivity index (χ4v) is 2.42. The number of non-ortho nitro benzene ring substituents is 1. The van der Waals surface area contributed by atoms with Crippen LogP contribution in [0.25, 0.3) is 0 Å². The molecule has 5 nitrogen and oxygen atoms in total. The maximum absolute atomic E-state index is 12.3. The van der Waals surface area contributed by atoms with Crippen molar-refractivity contribution in [2.75, 3.05) is 5.88 Å². The van der Waals surface area contributed by atoms with Crippen molar-refractivity contribution in [3.05, 3.63) is 39.4 Å². The van der Waals surface area contributed by atoms with Crippen LogP contribution in [0.5, 0.6) is 0 Å². The summed E-state index contributed by atoms with van der Waals surface area (Å²) < 4.78 is 0. The van der Waals surface area contributed by atoms with E-state index in [-0.39, 0.29) is 11.6 Å². The Morgan fingerprint density at radius 2 is 2.00 bits per heavy atom. The van der Waals surface area contributed by atoms with Crippen LogP contribution < -0.4 is 5.32 Å². The molecule has 0 aliphatic carbocycles. The lowest BCUT2D eigenvalue weighted by Crippen LogP contribution is -2.49. The molecule has 0 saturated heterocycles. The van der Waals surface area contributed by atoms with E-state index in [4.69, 9.17) is 11.6 Å². The molecule has 0 heterocycles. The Labute approximate surface area is 123 Å². The molecular weight excluding hydrogens is 280 g/mol. The lowest BCUT2D eigenvalue weighted by atomic mass is 9.94. The monoisotopic (exact) mass is 298 g/mol. The molecule has 0 aliphatic heterocycles. The first kappa shape index (κ1) is 16.4. The van der Waals surface area contributed by atoms with E-state index in [1.807, 2.05) is 13.8 Å². The molecule has 0 aliphatic rings. The van der Waals surface area contributed by atoms with Gasteiger partial charge >= 0.3 is 0 Å². The van der Waals surface area contributed by atoms with Gasteiger partial charge in [0.15, 0.2) is 0 Å². The number of halogens is 1. The Morgan fingerprint density at radius 1 is 1.40 bits per heavy atom. The highest BCUT2D eigenvalue weighted by Crippen LogP contribution is 2.21. The van der Waals surface area contributed by atoms with E-state index < -0.39 is 10.5 Å². The van der Waals surface area contributed by atoms with E-state index in [1.165, 1.54) is 18.2 Å². The molecule has 6 heteroatoms. The van der Waals surface area contributed by atoms with E-state index >= 15 is 0 Å². The Bertz CT molecular complexity index is 505. The molecule has 0 unspecified atom stereocenters. The molecule has 110 valence electrons. The molecule has 0 radical (unpaired) electrons. The van der Waals surface area contributed by atoms with Gasteiger partial charge in [-0.25, -0.2) is 0 Å². The molecule has 1 rings (SSSR count). The zero-order valence-electron chi connectivity index (χ0n) is 11.9. The minimum absolute atomic E-state index is 0.0198. The minimum Gasteiger partial charge on any atom is -0.345 e. The van der Waals surface area contributed by atoms with Crippen molar-refractivity contribution in [2.45, 2.75) is 39.2 Å². The fourth-order valence-electron chi connectivity index (χ4n) is 1.97. The van der Waals surface area contributed by atoms with Crippen LogP contribution in [-0.2, 0) is 0 Å². The van der Waals surface area contributed by atoms with Gasteiger partial charge in [0.2, 0.25) is 0 Å². The van der Waals surface area contributed by atoms with Gasteiger partial charge in [-0.2, -0.15) is 0 Å². The molecule has 0 atom stereocenters. The van der Waals surface area contributed by atoms with Gasteiger partial charge in [0.1, 0.15) is 0 Å². The largest absolute Gasteiger partial charge is 0.345 e. The Morgan fingerprint density at radius 3 is 2.40 bits per heavy atom. The second-order valence-electron chi connectivity index (χ2n) is 4.83. The van der Waals surface area contributed by atoms with E-state index in [0.717, 1.165) is 12.8 Å². The van der Waals surface area contributed by atoms with Crippen molar-refractivity contribution in [3.63, 3.8) is 0 Å². The smallest absolute Gasteiger partial charge is 0.269 e. The summed E-state index contributed by atoms with van der Waals surface area (Å²) in [6, 6.07) is 4.21. The molecule has 0 fully saturated rings. The van der Waals surface area contributed by atoms with Crippen LogP contribution >= 0.6 is 11.6 Å². The van der Waals surface area contributed by atoms with Crippen LogP contribution in [0, 0.1) is 17.0 Å². The summed E-state index contributed by atoms with van der Waals surface area (Å²) in [6.07, 6.45) is 1.45. The van der Waals surface area contributed by atoms with Crippen LogP contribution in [-0.4, -0.2) is 22.2 Å². The second-order valence-corrected chi connectivity index (χ2v) is 5.10. The second kappa shape index (κ2) is 6.70. The number of rotatable bonds is 6. The van der Waals surface area contributed by atoms with Crippen LogP contribution in [0.3, 0.4) is 0 Å². The summed E-state index contributed by atoms with van der Waals surface area (Å²) in [4.78, 5) is 22.5. The first-order valence-corrected chi connectivity index (χ1v) is 7.06. The van der Waals surface area contributed by atoms with Gasteiger partial charge in [-0.05, 0) is 31.4 Å². The number of alkyl halides is 1. The first-order chi connectivity index (χ1) is 9.39. The third kappa shape index (κ3) is 3.48. The Kier molecular flexibility index (Phi) is 5.51. The number of carbonyl (C=O) groups excluding carboxylic acids is 1. The zero-order valence-corrected chi connectivity index (χ0v) is 12.7. The van der Waals surface area contributed by atoms with Crippen molar-refractivity contribution in [2.24, 2.45) is 0 Å². The number of amides is 1. The van der Waals surface area contributed by atoms with Crippen molar-refractivity contribution >= 4 is 23.2 Å². The number of nitrogens with one attached hydrogen (secondary N) is 1. The normalized spacial score (nSPS) is 11.2. The quantitative estimate of drug-likeness (QED) is 0.497. The lowest BCUT2D eigenvalue weighted by Gasteiger charge is -2.30. The van der Waals surface area contributed by atoms with Crippen molar-refractivity contribution in [1.29, 1.82) is 0 Å². The van der Waals surface area contributed by atoms with E-state index in [9.17, 15) is 14.9 Å². The highest BCUT2D eigenvalue weighted by molar-refractivity contribution is 6.19. The molecule has 0 spiro atoms. The zero-order chi connectivity index (χ0) is 15.3. The molecule has 1 N–H and O–H groups in total.